The normalized spacial score (nSPS) is 39.6. The highest BCUT2D eigenvalue weighted by atomic mass is 16.6. The Kier molecular flexibility index (Phi) is 6.93. The smallest absolute Gasteiger partial charge is 0.417 e. The van der Waals surface area contributed by atoms with Gasteiger partial charge in [0.25, 0.3) is 0 Å². The molecule has 0 spiro atoms. The van der Waals surface area contributed by atoms with Gasteiger partial charge in [-0.2, -0.15) is 0 Å². The zero-order valence-corrected chi connectivity index (χ0v) is 23.8. The number of hydrogen-bond acceptors (Lipinski definition) is 8. The number of hydrogen-bond donors (Lipinski definition) is 2. The van der Waals surface area contributed by atoms with Gasteiger partial charge in [0.2, 0.25) is 0 Å². The van der Waals surface area contributed by atoms with Crippen LogP contribution >= 0.6 is 0 Å². The molecule has 8 heteroatoms. The van der Waals surface area contributed by atoms with Crippen LogP contribution in [0.5, 0.6) is 0 Å². The molecule has 1 aromatic carbocycles. The van der Waals surface area contributed by atoms with E-state index in [2.05, 4.69) is 13.8 Å². The predicted molar refractivity (Wildman–Crippen MR) is 148 cm³/mol. The second kappa shape index (κ2) is 10.1. The summed E-state index contributed by atoms with van der Waals surface area (Å²) in [6.45, 7) is 4.31. The summed E-state index contributed by atoms with van der Waals surface area (Å²) in [4.78, 5) is 36.4. The minimum Gasteiger partial charge on any atom is -0.454 e. The molecule has 1 heterocycles. The van der Waals surface area contributed by atoms with Crippen molar-refractivity contribution in [1.82, 2.24) is 0 Å². The molecular formula is C33H40O8. The van der Waals surface area contributed by atoms with E-state index in [0.717, 1.165) is 30.4 Å². The van der Waals surface area contributed by atoms with Crippen molar-refractivity contribution in [3.63, 3.8) is 0 Å². The zero-order chi connectivity index (χ0) is 29.0. The summed E-state index contributed by atoms with van der Waals surface area (Å²) >= 11 is 0. The Bertz CT molecular complexity index is 1350. The van der Waals surface area contributed by atoms with Crippen molar-refractivity contribution >= 4 is 11.9 Å². The Morgan fingerprint density at radius 3 is 2.34 bits per heavy atom. The van der Waals surface area contributed by atoms with Crippen molar-refractivity contribution in [2.75, 3.05) is 0 Å². The summed E-state index contributed by atoms with van der Waals surface area (Å²) in [5.74, 6) is -1.79. The molecule has 0 bridgehead atoms. The Balaban J connectivity index is 1.14. The lowest BCUT2D eigenvalue weighted by atomic mass is 9.42. The van der Waals surface area contributed by atoms with Crippen LogP contribution in [0.25, 0.3) is 0 Å². The Morgan fingerprint density at radius 1 is 0.878 bits per heavy atom. The third-order valence-corrected chi connectivity index (χ3v) is 11.7. The van der Waals surface area contributed by atoms with Crippen LogP contribution in [0.15, 0.2) is 57.9 Å². The molecule has 0 radical (unpaired) electrons. The third-order valence-electron chi connectivity index (χ3n) is 11.7. The van der Waals surface area contributed by atoms with Crippen LogP contribution in [0, 0.1) is 22.7 Å². The third kappa shape index (κ3) is 4.45. The van der Waals surface area contributed by atoms with Gasteiger partial charge in [-0.15, -0.1) is 0 Å². The second-order valence-electron chi connectivity index (χ2n) is 13.4. The van der Waals surface area contributed by atoms with Crippen LogP contribution < -0.4 is 5.63 Å². The summed E-state index contributed by atoms with van der Waals surface area (Å²) < 4.78 is 15.9. The second-order valence-corrected chi connectivity index (χ2v) is 13.4. The first-order valence-electron chi connectivity index (χ1n) is 14.9. The average Bonchev–Trinajstić information content (AvgIpc) is 3.24. The first-order valence-corrected chi connectivity index (χ1v) is 14.9. The minimum absolute atomic E-state index is 0.00801. The number of carbonyl (C=O) groups is 2. The quantitative estimate of drug-likeness (QED) is 0.406. The summed E-state index contributed by atoms with van der Waals surface area (Å²) in [7, 11) is 0. The van der Waals surface area contributed by atoms with Gasteiger partial charge in [-0.05, 0) is 91.7 Å². The topological polar surface area (TPSA) is 123 Å². The number of ether oxygens (including phenoxy) is 2. The van der Waals surface area contributed by atoms with Crippen LogP contribution in [0.1, 0.15) is 88.7 Å². The SMILES string of the molecule is C[C@]12CC[C@H](OC(=O)C(=O)OCc3ccccc3)C[C@@]1(O)CC[C@@H]1[C@@H]2CC[C@]2(C)[C@@H](c3ccc(=O)oc3)CC[C@]12O. The lowest BCUT2D eigenvalue weighted by molar-refractivity contribution is -0.255. The molecule has 8 nitrogen and oxygen atoms in total. The largest absolute Gasteiger partial charge is 0.454 e. The van der Waals surface area contributed by atoms with Crippen LogP contribution in [0.2, 0.25) is 0 Å². The summed E-state index contributed by atoms with van der Waals surface area (Å²) in [6.07, 6.45) is 6.81. The maximum atomic E-state index is 12.5. The molecule has 4 aliphatic rings. The van der Waals surface area contributed by atoms with Crippen molar-refractivity contribution < 1.29 is 33.7 Å². The van der Waals surface area contributed by atoms with E-state index < -0.39 is 34.7 Å². The number of carbonyl (C=O) groups excluding carboxylic acids is 2. The predicted octanol–water partition coefficient (Wildman–Crippen LogP) is 4.65. The van der Waals surface area contributed by atoms with Gasteiger partial charge in [0.15, 0.2) is 0 Å². The van der Waals surface area contributed by atoms with Crippen molar-refractivity contribution in [3.8, 4) is 0 Å². The van der Waals surface area contributed by atoms with Gasteiger partial charge in [-0.25, -0.2) is 14.4 Å². The Labute approximate surface area is 240 Å². The van der Waals surface area contributed by atoms with Gasteiger partial charge >= 0.3 is 17.6 Å². The zero-order valence-electron chi connectivity index (χ0n) is 23.8. The van der Waals surface area contributed by atoms with E-state index in [1.54, 1.807) is 6.26 Å². The molecule has 6 rings (SSSR count). The van der Waals surface area contributed by atoms with Gasteiger partial charge in [0, 0.05) is 17.9 Å². The van der Waals surface area contributed by atoms with Crippen LogP contribution in [-0.4, -0.2) is 39.5 Å². The Morgan fingerprint density at radius 2 is 1.61 bits per heavy atom. The molecule has 4 fully saturated rings. The molecule has 0 amide bonds. The highest BCUT2D eigenvalue weighted by Gasteiger charge is 2.70. The summed E-state index contributed by atoms with van der Waals surface area (Å²) in [6, 6.07) is 12.4. The number of aliphatic hydroxyl groups is 2. The van der Waals surface area contributed by atoms with Crippen LogP contribution in [0.3, 0.4) is 0 Å². The fourth-order valence-electron chi connectivity index (χ4n) is 9.36. The van der Waals surface area contributed by atoms with Gasteiger partial charge < -0.3 is 24.1 Å². The minimum atomic E-state index is -1.06. The van der Waals surface area contributed by atoms with E-state index in [9.17, 15) is 24.6 Å². The maximum absolute atomic E-state index is 12.5. The van der Waals surface area contributed by atoms with Crippen molar-refractivity contribution in [1.29, 1.82) is 0 Å². The summed E-state index contributed by atoms with van der Waals surface area (Å²) in [5.41, 5.74) is -1.37. The Hall–Kier alpha value is -2.97. The fraction of sp³-hybridized carbons (Fsp3) is 0.606. The van der Waals surface area contributed by atoms with Gasteiger partial charge in [-0.3, -0.25) is 0 Å². The van der Waals surface area contributed by atoms with E-state index >= 15 is 0 Å². The van der Waals surface area contributed by atoms with Crippen molar-refractivity contribution in [3.05, 3.63) is 70.3 Å². The number of benzene rings is 1. The molecule has 41 heavy (non-hydrogen) atoms. The van der Waals surface area contributed by atoms with E-state index in [-0.39, 0.29) is 41.8 Å². The molecule has 0 aliphatic heterocycles. The van der Waals surface area contributed by atoms with Crippen LogP contribution in [-0.2, 0) is 25.7 Å². The van der Waals surface area contributed by atoms with E-state index in [4.69, 9.17) is 13.9 Å². The number of rotatable bonds is 4. The van der Waals surface area contributed by atoms with Crippen molar-refractivity contribution in [2.45, 2.75) is 101 Å². The molecule has 2 aromatic rings. The standard InChI is InChI=1S/C33H40O8/c1-30-14-10-23(41-29(36)28(35)40-19-21-6-4-3-5-7-21)18-32(30,37)16-12-26-25(30)11-15-31(2)24(13-17-33(26,31)38)22-8-9-27(34)39-20-22/h3-9,20,23-26,37-38H,10-19H2,1-2H3/t23-,24+,25-,26+,30+,31+,32-,33-/m0/s1. The molecule has 4 saturated carbocycles. The van der Waals surface area contributed by atoms with Crippen molar-refractivity contribution in [2.24, 2.45) is 22.7 Å². The first kappa shape index (κ1) is 28.2. The van der Waals surface area contributed by atoms with Gasteiger partial charge in [0.05, 0.1) is 17.5 Å². The molecule has 8 atom stereocenters. The van der Waals surface area contributed by atoms with Gasteiger partial charge in [0.1, 0.15) is 12.7 Å². The lowest BCUT2D eigenvalue weighted by Crippen LogP contribution is -2.67. The maximum Gasteiger partial charge on any atom is 0.417 e. The summed E-state index contributed by atoms with van der Waals surface area (Å²) in [5, 5.41) is 24.5. The first-order chi connectivity index (χ1) is 19.5. The average molecular weight is 565 g/mol. The lowest BCUT2D eigenvalue weighted by Gasteiger charge is -2.66. The number of fused-ring (bicyclic) bond motifs is 5. The molecule has 0 saturated heterocycles. The molecular weight excluding hydrogens is 524 g/mol. The molecule has 2 N–H and O–H groups in total. The molecule has 1 aromatic heterocycles. The van der Waals surface area contributed by atoms with E-state index in [1.165, 1.54) is 6.07 Å². The molecule has 4 aliphatic carbocycles. The fourth-order valence-corrected chi connectivity index (χ4v) is 9.36. The monoisotopic (exact) mass is 564 g/mol. The van der Waals surface area contributed by atoms with E-state index in [0.29, 0.717) is 32.1 Å². The van der Waals surface area contributed by atoms with Gasteiger partial charge in [-0.1, -0.05) is 44.2 Å². The van der Waals surface area contributed by atoms with Crippen LogP contribution in [0.4, 0.5) is 0 Å². The molecule has 0 unspecified atom stereocenters. The van der Waals surface area contributed by atoms with E-state index in [1.807, 2.05) is 36.4 Å². The highest BCUT2D eigenvalue weighted by molar-refractivity contribution is 6.29. The highest BCUT2D eigenvalue weighted by Crippen LogP contribution is 2.71. The molecule has 220 valence electrons. The number of esters is 2.